The van der Waals surface area contributed by atoms with E-state index in [1.807, 2.05) is 12.3 Å². The Balaban J connectivity index is 2.27. The van der Waals surface area contributed by atoms with Gasteiger partial charge >= 0.3 is 0 Å². The number of nitrogens with zero attached hydrogens (tertiary/aromatic N) is 1. The maximum atomic E-state index is 5.82. The molecule has 1 aliphatic carbocycles. The number of nitrogens with one attached hydrogen (secondary N) is 1. The van der Waals surface area contributed by atoms with Crippen molar-refractivity contribution in [2.45, 2.75) is 57.9 Å². The first-order chi connectivity index (χ1) is 9.36. The van der Waals surface area contributed by atoms with Gasteiger partial charge in [0, 0.05) is 6.20 Å². The molecule has 1 aromatic rings. The molecular formula is C16H25N3. The van der Waals surface area contributed by atoms with Gasteiger partial charge in [0.05, 0.1) is 11.7 Å². The molecule has 1 atom stereocenters. The third-order valence-corrected chi connectivity index (χ3v) is 3.94. The highest BCUT2D eigenvalue weighted by Gasteiger charge is 2.19. The van der Waals surface area contributed by atoms with E-state index in [2.05, 4.69) is 29.5 Å². The molecule has 2 rings (SSSR count). The van der Waals surface area contributed by atoms with Gasteiger partial charge in [-0.2, -0.15) is 0 Å². The highest BCUT2D eigenvalue weighted by Crippen LogP contribution is 2.29. The van der Waals surface area contributed by atoms with Gasteiger partial charge in [0.15, 0.2) is 0 Å². The average Bonchev–Trinajstić information content (AvgIpc) is 2.42. The molecule has 0 saturated heterocycles. The minimum absolute atomic E-state index is 0.0780. The van der Waals surface area contributed by atoms with Crippen molar-refractivity contribution >= 4 is 0 Å². The van der Waals surface area contributed by atoms with E-state index in [0.29, 0.717) is 0 Å². The highest BCUT2D eigenvalue weighted by atomic mass is 15.2. The van der Waals surface area contributed by atoms with Gasteiger partial charge < -0.3 is 0 Å². The summed E-state index contributed by atoms with van der Waals surface area (Å²) in [6.07, 6.45) is 12.8. The van der Waals surface area contributed by atoms with E-state index in [4.69, 9.17) is 5.84 Å². The minimum atomic E-state index is 0.0780. The van der Waals surface area contributed by atoms with Gasteiger partial charge in [-0.05, 0) is 43.7 Å². The number of hydrazine groups is 1. The molecule has 0 spiro atoms. The molecule has 0 aromatic carbocycles. The van der Waals surface area contributed by atoms with Crippen LogP contribution >= 0.6 is 0 Å². The first kappa shape index (κ1) is 14.2. The smallest absolute Gasteiger partial charge is 0.0844 e. The summed E-state index contributed by atoms with van der Waals surface area (Å²) < 4.78 is 0. The Kier molecular flexibility index (Phi) is 5.55. The van der Waals surface area contributed by atoms with Crippen LogP contribution in [0.15, 0.2) is 30.0 Å². The van der Waals surface area contributed by atoms with Crippen LogP contribution in [-0.2, 0) is 6.42 Å². The first-order valence-electron chi connectivity index (χ1n) is 7.45. The van der Waals surface area contributed by atoms with Gasteiger partial charge in [-0.25, -0.2) is 5.43 Å². The molecule has 0 amide bonds. The number of allylic oxidation sites excluding steroid dienone is 1. The fraction of sp³-hybridized carbons (Fsp3) is 0.562. The topological polar surface area (TPSA) is 50.9 Å². The van der Waals surface area contributed by atoms with Gasteiger partial charge in [-0.15, -0.1) is 0 Å². The van der Waals surface area contributed by atoms with Crippen molar-refractivity contribution in [3.05, 3.63) is 41.2 Å². The van der Waals surface area contributed by atoms with Crippen molar-refractivity contribution in [1.82, 2.24) is 10.4 Å². The third-order valence-electron chi connectivity index (χ3n) is 3.94. The Bertz CT molecular complexity index is 426. The van der Waals surface area contributed by atoms with E-state index >= 15 is 0 Å². The Hall–Kier alpha value is -1.19. The summed E-state index contributed by atoms with van der Waals surface area (Å²) in [7, 11) is 0. The van der Waals surface area contributed by atoms with E-state index in [1.165, 1.54) is 43.2 Å². The number of hydrogen-bond acceptors (Lipinski definition) is 3. The summed E-state index contributed by atoms with van der Waals surface area (Å²) in [4.78, 5) is 4.57. The second kappa shape index (κ2) is 7.41. The molecule has 0 saturated carbocycles. The van der Waals surface area contributed by atoms with Gasteiger partial charge in [-0.3, -0.25) is 10.8 Å². The van der Waals surface area contributed by atoms with Crippen molar-refractivity contribution in [3.63, 3.8) is 0 Å². The predicted molar refractivity (Wildman–Crippen MR) is 79.5 cm³/mol. The van der Waals surface area contributed by atoms with E-state index in [1.54, 1.807) is 0 Å². The summed E-state index contributed by atoms with van der Waals surface area (Å²) in [6.45, 7) is 2.17. The standard InChI is InChI=1S/C16H25N3/c1-2-13-11-8-12-18-15(13)16(19-17)14-9-6-4-3-5-7-10-14/h8-9,11-12,16,19H,2-7,10,17H2,1H3/b14-9+. The predicted octanol–water partition coefficient (Wildman–Crippen LogP) is 3.43. The Morgan fingerprint density at radius 3 is 2.95 bits per heavy atom. The molecule has 3 heteroatoms. The van der Waals surface area contributed by atoms with Crippen LogP contribution in [0.25, 0.3) is 0 Å². The zero-order chi connectivity index (χ0) is 13.5. The molecule has 1 aromatic heterocycles. The molecule has 19 heavy (non-hydrogen) atoms. The van der Waals surface area contributed by atoms with Crippen LogP contribution in [0.4, 0.5) is 0 Å². The summed E-state index contributed by atoms with van der Waals surface area (Å²) in [5, 5.41) is 0. The van der Waals surface area contributed by atoms with Gasteiger partial charge in [0.2, 0.25) is 0 Å². The maximum Gasteiger partial charge on any atom is 0.0844 e. The SMILES string of the molecule is CCc1cccnc1C(NN)/C1=C/CCCCCC1. The maximum absolute atomic E-state index is 5.82. The molecular weight excluding hydrogens is 234 g/mol. The molecule has 3 nitrogen and oxygen atoms in total. The van der Waals surface area contributed by atoms with Crippen molar-refractivity contribution in [3.8, 4) is 0 Å². The molecule has 0 aliphatic heterocycles. The molecule has 0 fully saturated rings. The zero-order valence-electron chi connectivity index (χ0n) is 11.9. The van der Waals surface area contributed by atoms with Crippen LogP contribution in [0.1, 0.15) is 62.7 Å². The zero-order valence-corrected chi connectivity index (χ0v) is 11.9. The summed E-state index contributed by atoms with van der Waals surface area (Å²) in [6, 6.07) is 4.23. The largest absolute Gasteiger partial charge is 0.271 e. The monoisotopic (exact) mass is 259 g/mol. The van der Waals surface area contributed by atoms with Crippen molar-refractivity contribution in [1.29, 1.82) is 0 Å². The number of rotatable bonds is 4. The van der Waals surface area contributed by atoms with Crippen molar-refractivity contribution in [2.24, 2.45) is 5.84 Å². The molecule has 1 aliphatic rings. The van der Waals surface area contributed by atoms with Crippen LogP contribution in [0.2, 0.25) is 0 Å². The number of nitrogens with two attached hydrogens (primary N) is 1. The number of hydrogen-bond donors (Lipinski definition) is 2. The fourth-order valence-corrected chi connectivity index (χ4v) is 2.85. The van der Waals surface area contributed by atoms with E-state index in [9.17, 15) is 0 Å². The molecule has 104 valence electrons. The molecule has 1 unspecified atom stereocenters. The lowest BCUT2D eigenvalue weighted by molar-refractivity contribution is 0.544. The lowest BCUT2D eigenvalue weighted by Gasteiger charge is -2.23. The van der Waals surface area contributed by atoms with Crippen LogP contribution < -0.4 is 11.3 Å². The van der Waals surface area contributed by atoms with Gasteiger partial charge in [-0.1, -0.05) is 37.5 Å². The number of aryl methyl sites for hydroxylation is 1. The molecule has 0 bridgehead atoms. The number of aromatic nitrogens is 1. The van der Waals surface area contributed by atoms with Gasteiger partial charge in [0.1, 0.15) is 0 Å². The lowest BCUT2D eigenvalue weighted by Crippen LogP contribution is -2.31. The Morgan fingerprint density at radius 2 is 2.16 bits per heavy atom. The molecule has 0 radical (unpaired) electrons. The third kappa shape index (κ3) is 3.64. The lowest BCUT2D eigenvalue weighted by atomic mass is 9.91. The van der Waals surface area contributed by atoms with E-state index in [0.717, 1.165) is 18.5 Å². The normalized spacial score (nSPS) is 21.1. The van der Waals surface area contributed by atoms with E-state index < -0.39 is 0 Å². The molecule has 1 heterocycles. The summed E-state index contributed by atoms with van der Waals surface area (Å²) >= 11 is 0. The second-order valence-electron chi connectivity index (χ2n) is 5.23. The summed E-state index contributed by atoms with van der Waals surface area (Å²) in [5.74, 6) is 5.82. The van der Waals surface area contributed by atoms with E-state index in [-0.39, 0.29) is 6.04 Å². The summed E-state index contributed by atoms with van der Waals surface area (Å²) in [5.41, 5.74) is 6.77. The van der Waals surface area contributed by atoms with Crippen molar-refractivity contribution < 1.29 is 0 Å². The minimum Gasteiger partial charge on any atom is -0.271 e. The Labute approximate surface area is 116 Å². The van der Waals surface area contributed by atoms with Crippen LogP contribution in [0.3, 0.4) is 0 Å². The highest BCUT2D eigenvalue weighted by molar-refractivity contribution is 5.30. The van der Waals surface area contributed by atoms with Gasteiger partial charge in [0.25, 0.3) is 0 Å². The number of pyridine rings is 1. The quantitative estimate of drug-likeness (QED) is 0.495. The van der Waals surface area contributed by atoms with Crippen LogP contribution in [-0.4, -0.2) is 4.98 Å². The first-order valence-corrected chi connectivity index (χ1v) is 7.45. The Morgan fingerprint density at radius 1 is 1.32 bits per heavy atom. The second-order valence-corrected chi connectivity index (χ2v) is 5.23. The van der Waals surface area contributed by atoms with Crippen LogP contribution in [0.5, 0.6) is 0 Å². The van der Waals surface area contributed by atoms with Crippen molar-refractivity contribution in [2.75, 3.05) is 0 Å². The molecule has 3 N–H and O–H groups in total. The average molecular weight is 259 g/mol. The fourth-order valence-electron chi connectivity index (χ4n) is 2.85. The van der Waals surface area contributed by atoms with Crippen LogP contribution in [0, 0.1) is 0 Å².